The molecule has 0 aromatic rings. The zero-order chi connectivity index (χ0) is 52.2. The minimum absolute atomic E-state index is 0.0700. The maximum absolute atomic E-state index is 12.9. The summed E-state index contributed by atoms with van der Waals surface area (Å²) in [6.45, 7) is 6.70. The van der Waals surface area contributed by atoms with E-state index in [0.717, 1.165) is 77.0 Å². The summed E-state index contributed by atoms with van der Waals surface area (Å²) in [5, 5.41) is 0. The Kier molecular flexibility index (Phi) is 59.6. The maximum Gasteiger partial charge on any atom is 0.306 e. The molecule has 1 atom stereocenters. The lowest BCUT2D eigenvalue weighted by Gasteiger charge is -2.18. The molecule has 0 aromatic heterocycles. The third-order valence-corrected chi connectivity index (χ3v) is 14.7. The standard InChI is InChI=1S/C66H124O6/c1-4-7-10-13-16-19-22-25-28-31-34-37-40-43-46-49-52-55-58-64(67)70-61-63(72-66(69)60-57-54-51-48-45-42-39-36-33-30-27-24-21-18-15-12-9-6-3)62-71-65(68)59-56-53-50-47-44-41-38-35-32-29-26-23-20-17-14-11-8-5-2/h28,31,34,37,63H,4-27,29-30,32-33,35-36,38-62H2,1-3H3/b31-28-,37-34-. The van der Waals surface area contributed by atoms with Crippen LogP contribution in [0.4, 0.5) is 0 Å². The predicted octanol–water partition coefficient (Wildman–Crippen LogP) is 21.8. The minimum Gasteiger partial charge on any atom is -0.462 e. The first-order valence-electron chi connectivity index (χ1n) is 32.4. The smallest absolute Gasteiger partial charge is 0.306 e. The van der Waals surface area contributed by atoms with Gasteiger partial charge in [0.2, 0.25) is 0 Å². The number of ether oxygens (including phenoxy) is 3. The van der Waals surface area contributed by atoms with Crippen LogP contribution in [0.3, 0.4) is 0 Å². The number of hydrogen-bond donors (Lipinski definition) is 0. The Balaban J connectivity index is 4.34. The van der Waals surface area contributed by atoms with E-state index in [2.05, 4.69) is 45.1 Å². The lowest BCUT2D eigenvalue weighted by atomic mass is 10.0. The van der Waals surface area contributed by atoms with Crippen molar-refractivity contribution in [1.29, 1.82) is 0 Å². The molecular weight excluding hydrogens is 889 g/mol. The van der Waals surface area contributed by atoms with Gasteiger partial charge in [0.1, 0.15) is 13.2 Å². The third kappa shape index (κ3) is 58.8. The molecule has 0 N–H and O–H groups in total. The molecule has 6 heteroatoms. The molecule has 0 aliphatic carbocycles. The highest BCUT2D eigenvalue weighted by Gasteiger charge is 2.19. The first-order chi connectivity index (χ1) is 35.5. The summed E-state index contributed by atoms with van der Waals surface area (Å²) in [6.07, 6.45) is 73.2. The molecule has 0 bridgehead atoms. The fourth-order valence-electron chi connectivity index (χ4n) is 9.85. The van der Waals surface area contributed by atoms with Crippen LogP contribution in [0.5, 0.6) is 0 Å². The van der Waals surface area contributed by atoms with E-state index in [1.54, 1.807) is 0 Å². The fraction of sp³-hybridized carbons (Fsp3) is 0.894. The highest BCUT2D eigenvalue weighted by Crippen LogP contribution is 2.18. The Morgan fingerprint density at radius 2 is 0.486 bits per heavy atom. The molecule has 0 amide bonds. The molecule has 0 saturated carbocycles. The lowest BCUT2D eigenvalue weighted by molar-refractivity contribution is -0.167. The number of carbonyl (C=O) groups excluding carboxylic acids is 3. The van der Waals surface area contributed by atoms with E-state index in [0.29, 0.717) is 19.3 Å². The van der Waals surface area contributed by atoms with Crippen molar-refractivity contribution in [2.45, 2.75) is 367 Å². The quantitative estimate of drug-likeness (QED) is 0.0261. The van der Waals surface area contributed by atoms with E-state index in [9.17, 15) is 14.4 Å². The first-order valence-corrected chi connectivity index (χ1v) is 32.4. The molecule has 0 rings (SSSR count). The van der Waals surface area contributed by atoms with Crippen LogP contribution in [0, 0.1) is 0 Å². The van der Waals surface area contributed by atoms with Gasteiger partial charge in [-0.3, -0.25) is 14.4 Å². The number of rotatable bonds is 60. The van der Waals surface area contributed by atoms with E-state index >= 15 is 0 Å². The molecule has 0 heterocycles. The van der Waals surface area contributed by atoms with Crippen molar-refractivity contribution in [1.82, 2.24) is 0 Å². The van der Waals surface area contributed by atoms with E-state index in [1.165, 1.54) is 244 Å². The summed E-state index contributed by atoms with van der Waals surface area (Å²) < 4.78 is 17.0. The van der Waals surface area contributed by atoms with Crippen molar-refractivity contribution in [2.24, 2.45) is 0 Å². The molecule has 0 spiro atoms. The van der Waals surface area contributed by atoms with Crippen molar-refractivity contribution in [3.05, 3.63) is 24.3 Å². The molecule has 0 saturated heterocycles. The van der Waals surface area contributed by atoms with Crippen molar-refractivity contribution in [2.75, 3.05) is 13.2 Å². The van der Waals surface area contributed by atoms with E-state index in [4.69, 9.17) is 14.2 Å². The molecule has 0 aliphatic rings. The van der Waals surface area contributed by atoms with Crippen LogP contribution in [0.1, 0.15) is 361 Å². The van der Waals surface area contributed by atoms with Gasteiger partial charge in [0.15, 0.2) is 6.10 Å². The molecule has 6 nitrogen and oxygen atoms in total. The Morgan fingerprint density at radius 1 is 0.278 bits per heavy atom. The van der Waals surface area contributed by atoms with Crippen LogP contribution in [-0.2, 0) is 28.6 Å². The van der Waals surface area contributed by atoms with Gasteiger partial charge in [-0.05, 0) is 44.9 Å². The molecule has 0 aliphatic heterocycles. The van der Waals surface area contributed by atoms with E-state index in [-0.39, 0.29) is 31.1 Å². The van der Waals surface area contributed by atoms with Crippen LogP contribution in [0.15, 0.2) is 24.3 Å². The van der Waals surface area contributed by atoms with Crippen LogP contribution in [0.25, 0.3) is 0 Å². The summed E-state index contributed by atoms with van der Waals surface area (Å²) in [7, 11) is 0. The topological polar surface area (TPSA) is 78.9 Å². The number of carbonyl (C=O) groups is 3. The van der Waals surface area contributed by atoms with Gasteiger partial charge in [-0.1, -0.05) is 321 Å². The van der Waals surface area contributed by atoms with Crippen molar-refractivity contribution < 1.29 is 28.6 Å². The van der Waals surface area contributed by atoms with Gasteiger partial charge >= 0.3 is 17.9 Å². The molecular formula is C66H124O6. The minimum atomic E-state index is -0.774. The fourth-order valence-corrected chi connectivity index (χ4v) is 9.85. The molecule has 0 fully saturated rings. The molecule has 0 aromatic carbocycles. The summed E-state index contributed by atoms with van der Waals surface area (Å²) in [5.41, 5.74) is 0. The second-order valence-electron chi connectivity index (χ2n) is 22.1. The Bertz CT molecular complexity index is 1160. The van der Waals surface area contributed by atoms with Gasteiger partial charge in [0.25, 0.3) is 0 Å². The Labute approximate surface area is 449 Å². The number of hydrogen-bond acceptors (Lipinski definition) is 6. The van der Waals surface area contributed by atoms with Crippen molar-refractivity contribution in [3.8, 4) is 0 Å². The SMILES string of the molecule is CCCCCCCCC/C=C\C=C/CCCCCCCC(=O)OCC(COC(=O)CCCCCCCCCCCCCCCCCCCC)OC(=O)CCCCCCCCCCCCCCCCCCCC. The van der Waals surface area contributed by atoms with Crippen LogP contribution >= 0.6 is 0 Å². The van der Waals surface area contributed by atoms with Crippen LogP contribution in [-0.4, -0.2) is 37.2 Å². The monoisotopic (exact) mass is 1010 g/mol. The molecule has 1 unspecified atom stereocenters. The summed E-state index contributed by atoms with van der Waals surface area (Å²) in [5.74, 6) is -0.856. The highest BCUT2D eigenvalue weighted by molar-refractivity contribution is 5.71. The second kappa shape index (κ2) is 61.4. The zero-order valence-corrected chi connectivity index (χ0v) is 48.7. The van der Waals surface area contributed by atoms with Gasteiger partial charge in [-0.25, -0.2) is 0 Å². The zero-order valence-electron chi connectivity index (χ0n) is 48.7. The summed E-state index contributed by atoms with van der Waals surface area (Å²) in [4.78, 5) is 38.3. The molecule has 0 radical (unpaired) electrons. The predicted molar refractivity (Wildman–Crippen MR) is 312 cm³/mol. The van der Waals surface area contributed by atoms with Gasteiger partial charge in [-0.2, -0.15) is 0 Å². The number of unbranched alkanes of at least 4 members (excludes halogenated alkanes) is 46. The normalized spacial score (nSPS) is 12.1. The van der Waals surface area contributed by atoms with Crippen molar-refractivity contribution >= 4 is 17.9 Å². The molecule has 424 valence electrons. The largest absolute Gasteiger partial charge is 0.462 e. The Morgan fingerprint density at radius 3 is 0.736 bits per heavy atom. The highest BCUT2D eigenvalue weighted by atomic mass is 16.6. The third-order valence-electron chi connectivity index (χ3n) is 14.7. The van der Waals surface area contributed by atoms with Crippen molar-refractivity contribution in [3.63, 3.8) is 0 Å². The van der Waals surface area contributed by atoms with Gasteiger partial charge < -0.3 is 14.2 Å². The van der Waals surface area contributed by atoms with Gasteiger partial charge in [0.05, 0.1) is 0 Å². The maximum atomic E-state index is 12.9. The van der Waals surface area contributed by atoms with Gasteiger partial charge in [0, 0.05) is 19.3 Å². The van der Waals surface area contributed by atoms with Crippen LogP contribution in [0.2, 0.25) is 0 Å². The number of allylic oxidation sites excluding steroid dienone is 4. The second-order valence-corrected chi connectivity index (χ2v) is 22.1. The van der Waals surface area contributed by atoms with Gasteiger partial charge in [-0.15, -0.1) is 0 Å². The first kappa shape index (κ1) is 69.9. The molecule has 72 heavy (non-hydrogen) atoms. The average Bonchev–Trinajstić information content (AvgIpc) is 3.38. The van der Waals surface area contributed by atoms with E-state index < -0.39 is 6.10 Å². The lowest BCUT2D eigenvalue weighted by Crippen LogP contribution is -2.30. The Hall–Kier alpha value is -2.11. The summed E-state index contributed by atoms with van der Waals surface area (Å²) >= 11 is 0. The number of esters is 3. The van der Waals surface area contributed by atoms with Crippen LogP contribution < -0.4 is 0 Å². The average molecular weight is 1010 g/mol. The van der Waals surface area contributed by atoms with E-state index in [1.807, 2.05) is 0 Å². The summed E-state index contributed by atoms with van der Waals surface area (Å²) in [6, 6.07) is 0.